The second-order valence-electron chi connectivity index (χ2n) is 3.42. The monoisotopic (exact) mass is 208 g/mol. The number of halogens is 1. The van der Waals surface area contributed by atoms with E-state index in [1.54, 1.807) is 0 Å². The normalized spacial score (nSPS) is 15.9. The summed E-state index contributed by atoms with van der Waals surface area (Å²) in [6.45, 7) is 1.99. The lowest BCUT2D eigenvalue weighted by Crippen LogP contribution is -2.30. The summed E-state index contributed by atoms with van der Waals surface area (Å²) in [5.74, 6) is 1.08. The molecule has 1 aliphatic rings. The molecule has 0 aliphatic carbocycles. The smallest absolute Gasteiger partial charge is 0.101 e. The molecule has 0 aromatic heterocycles. The molecule has 0 bridgehead atoms. The summed E-state index contributed by atoms with van der Waals surface area (Å²) in [6, 6.07) is 7.92. The van der Waals surface area contributed by atoms with Gasteiger partial charge in [0.05, 0.1) is 0 Å². The second-order valence-corrected chi connectivity index (χ2v) is 3.85. The van der Waals surface area contributed by atoms with Crippen LogP contribution in [0.25, 0.3) is 0 Å². The largest absolute Gasteiger partial charge is 0.373 e. The molecule has 3 heteroatoms. The molecule has 0 saturated heterocycles. The van der Waals surface area contributed by atoms with Crippen LogP contribution < -0.4 is 5.32 Å². The minimum Gasteiger partial charge on any atom is -0.373 e. The molecule has 1 aromatic carbocycles. The highest BCUT2D eigenvalue weighted by Crippen LogP contribution is 2.11. The van der Waals surface area contributed by atoms with Gasteiger partial charge in [0.15, 0.2) is 0 Å². The summed E-state index contributed by atoms with van der Waals surface area (Å²) in [5.41, 5.74) is 1.21. The Kier molecular flexibility index (Phi) is 3.04. The van der Waals surface area contributed by atoms with E-state index in [9.17, 15) is 0 Å². The van der Waals surface area contributed by atoms with Crippen LogP contribution in [-0.2, 0) is 6.42 Å². The topological polar surface area (TPSA) is 24.4 Å². The van der Waals surface area contributed by atoms with Crippen molar-refractivity contribution in [3.63, 3.8) is 0 Å². The molecule has 1 N–H and O–H groups in total. The van der Waals surface area contributed by atoms with E-state index in [1.165, 1.54) is 5.56 Å². The third kappa shape index (κ3) is 2.48. The highest BCUT2D eigenvalue weighted by Gasteiger charge is 2.04. The van der Waals surface area contributed by atoms with E-state index in [0.717, 1.165) is 36.8 Å². The second kappa shape index (κ2) is 4.47. The molecule has 0 saturated carbocycles. The lowest BCUT2D eigenvalue weighted by molar-refractivity contribution is 0.731. The molecule has 0 atom stereocenters. The molecule has 0 fully saturated rings. The van der Waals surface area contributed by atoms with Crippen LogP contribution in [0.5, 0.6) is 0 Å². The van der Waals surface area contributed by atoms with Gasteiger partial charge in [0.1, 0.15) is 5.84 Å². The Balaban J connectivity index is 2.06. The number of nitrogens with one attached hydrogen (secondary N) is 1. The van der Waals surface area contributed by atoms with Crippen LogP contribution >= 0.6 is 11.6 Å². The Morgan fingerprint density at radius 2 is 2.36 bits per heavy atom. The number of benzene rings is 1. The van der Waals surface area contributed by atoms with Gasteiger partial charge in [-0.2, -0.15) is 0 Å². The number of rotatable bonds is 2. The van der Waals surface area contributed by atoms with Crippen molar-refractivity contribution in [3.05, 3.63) is 34.9 Å². The van der Waals surface area contributed by atoms with E-state index in [2.05, 4.69) is 16.4 Å². The van der Waals surface area contributed by atoms with Crippen LogP contribution in [0.4, 0.5) is 0 Å². The van der Waals surface area contributed by atoms with Gasteiger partial charge in [-0.15, -0.1) is 0 Å². The summed E-state index contributed by atoms with van der Waals surface area (Å²) in [5, 5.41) is 4.08. The van der Waals surface area contributed by atoms with Gasteiger partial charge in [-0.3, -0.25) is 4.99 Å². The Morgan fingerprint density at radius 1 is 1.43 bits per heavy atom. The van der Waals surface area contributed by atoms with E-state index in [1.807, 2.05) is 18.2 Å². The lowest BCUT2D eigenvalue weighted by atomic mass is 10.1. The van der Waals surface area contributed by atoms with E-state index in [0.29, 0.717) is 0 Å². The molecular formula is C11H13ClN2. The van der Waals surface area contributed by atoms with E-state index in [4.69, 9.17) is 11.6 Å². The summed E-state index contributed by atoms with van der Waals surface area (Å²) in [6.07, 6.45) is 2.00. The molecule has 0 amide bonds. The van der Waals surface area contributed by atoms with Gasteiger partial charge in [-0.05, 0) is 24.1 Å². The van der Waals surface area contributed by atoms with E-state index in [-0.39, 0.29) is 0 Å². The van der Waals surface area contributed by atoms with Crippen LogP contribution in [0, 0.1) is 0 Å². The van der Waals surface area contributed by atoms with Crippen molar-refractivity contribution >= 4 is 17.4 Å². The molecule has 0 unspecified atom stereocenters. The fourth-order valence-corrected chi connectivity index (χ4v) is 1.75. The fraction of sp³-hybridized carbons (Fsp3) is 0.364. The minimum atomic E-state index is 0.791. The maximum atomic E-state index is 5.90. The van der Waals surface area contributed by atoms with Gasteiger partial charge in [0.2, 0.25) is 0 Å². The molecule has 2 rings (SSSR count). The zero-order valence-corrected chi connectivity index (χ0v) is 8.72. The number of amidine groups is 1. The average Bonchev–Trinajstić information content (AvgIpc) is 2.19. The van der Waals surface area contributed by atoms with E-state index < -0.39 is 0 Å². The SMILES string of the molecule is Clc1cccc(CC2=NCCCN2)c1. The molecule has 74 valence electrons. The van der Waals surface area contributed by atoms with Gasteiger partial charge in [-0.1, -0.05) is 23.7 Å². The molecule has 0 spiro atoms. The summed E-state index contributed by atoms with van der Waals surface area (Å²) >= 11 is 5.90. The Morgan fingerprint density at radius 3 is 3.07 bits per heavy atom. The standard InChI is InChI=1S/C11H13ClN2/c12-10-4-1-3-9(7-10)8-11-13-5-2-6-14-11/h1,3-4,7H,2,5-6,8H2,(H,13,14). The van der Waals surface area contributed by atoms with Crippen molar-refractivity contribution in [3.8, 4) is 0 Å². The first kappa shape index (κ1) is 9.53. The highest BCUT2D eigenvalue weighted by molar-refractivity contribution is 6.30. The van der Waals surface area contributed by atoms with E-state index >= 15 is 0 Å². The lowest BCUT2D eigenvalue weighted by Gasteiger charge is -2.14. The fourth-order valence-electron chi connectivity index (χ4n) is 1.54. The molecule has 2 nitrogen and oxygen atoms in total. The molecule has 14 heavy (non-hydrogen) atoms. The van der Waals surface area contributed by atoms with Crippen LogP contribution in [-0.4, -0.2) is 18.9 Å². The maximum absolute atomic E-state index is 5.90. The minimum absolute atomic E-state index is 0.791. The molecular weight excluding hydrogens is 196 g/mol. The van der Waals surface area contributed by atoms with Gasteiger partial charge >= 0.3 is 0 Å². The van der Waals surface area contributed by atoms with Crippen molar-refractivity contribution in [2.24, 2.45) is 4.99 Å². The molecule has 1 aromatic rings. The average molecular weight is 209 g/mol. The van der Waals surface area contributed by atoms with Gasteiger partial charge < -0.3 is 5.32 Å². The number of hydrogen-bond acceptors (Lipinski definition) is 2. The zero-order valence-electron chi connectivity index (χ0n) is 7.96. The van der Waals surface area contributed by atoms with Gasteiger partial charge in [0, 0.05) is 24.5 Å². The van der Waals surface area contributed by atoms with Gasteiger partial charge in [-0.25, -0.2) is 0 Å². The van der Waals surface area contributed by atoms with Crippen molar-refractivity contribution in [1.82, 2.24) is 5.32 Å². The van der Waals surface area contributed by atoms with Crippen molar-refractivity contribution in [2.75, 3.05) is 13.1 Å². The Bertz CT molecular complexity index is 347. The maximum Gasteiger partial charge on any atom is 0.101 e. The molecule has 0 radical (unpaired) electrons. The van der Waals surface area contributed by atoms with Crippen LogP contribution in [0.15, 0.2) is 29.3 Å². The predicted molar refractivity (Wildman–Crippen MR) is 60.1 cm³/mol. The predicted octanol–water partition coefficient (Wildman–Crippen LogP) is 2.27. The third-order valence-electron chi connectivity index (χ3n) is 2.23. The summed E-state index contributed by atoms with van der Waals surface area (Å²) in [4.78, 5) is 4.42. The highest BCUT2D eigenvalue weighted by atomic mass is 35.5. The Labute approximate surface area is 89.0 Å². The first-order valence-electron chi connectivity index (χ1n) is 4.86. The number of nitrogens with zero attached hydrogens (tertiary/aromatic N) is 1. The molecule has 1 heterocycles. The first-order valence-corrected chi connectivity index (χ1v) is 5.24. The van der Waals surface area contributed by atoms with Crippen molar-refractivity contribution < 1.29 is 0 Å². The quantitative estimate of drug-likeness (QED) is 0.793. The Hall–Kier alpha value is -1.02. The van der Waals surface area contributed by atoms with Crippen LogP contribution in [0.1, 0.15) is 12.0 Å². The van der Waals surface area contributed by atoms with Gasteiger partial charge in [0.25, 0.3) is 0 Å². The molecule has 1 aliphatic heterocycles. The summed E-state index contributed by atoms with van der Waals surface area (Å²) in [7, 11) is 0. The first-order chi connectivity index (χ1) is 6.84. The van der Waals surface area contributed by atoms with Crippen molar-refractivity contribution in [1.29, 1.82) is 0 Å². The number of aliphatic imine (C=N–C) groups is 1. The van der Waals surface area contributed by atoms with Crippen LogP contribution in [0.2, 0.25) is 5.02 Å². The van der Waals surface area contributed by atoms with Crippen LogP contribution in [0.3, 0.4) is 0 Å². The zero-order chi connectivity index (χ0) is 9.80. The summed E-state index contributed by atoms with van der Waals surface area (Å²) < 4.78 is 0. The van der Waals surface area contributed by atoms with Crippen molar-refractivity contribution in [2.45, 2.75) is 12.8 Å². The number of hydrogen-bond donors (Lipinski definition) is 1. The third-order valence-corrected chi connectivity index (χ3v) is 2.46.